The van der Waals surface area contributed by atoms with E-state index in [4.69, 9.17) is 10.8 Å². The average Bonchev–Trinajstić information content (AvgIpc) is 2.54. The number of carboxylic acids is 1. The highest BCUT2D eigenvalue weighted by molar-refractivity contribution is 5.99. The second-order valence-electron chi connectivity index (χ2n) is 5.78. The van der Waals surface area contributed by atoms with Crippen molar-refractivity contribution in [2.24, 2.45) is 5.73 Å². The van der Waals surface area contributed by atoms with Crippen LogP contribution in [0.2, 0.25) is 0 Å². The van der Waals surface area contributed by atoms with Gasteiger partial charge in [0.25, 0.3) is 0 Å². The van der Waals surface area contributed by atoms with Gasteiger partial charge >= 0.3 is 5.97 Å². The fourth-order valence-electron chi connectivity index (χ4n) is 2.03. The molecule has 24 heavy (non-hydrogen) atoms. The van der Waals surface area contributed by atoms with E-state index in [0.29, 0.717) is 12.0 Å². The van der Waals surface area contributed by atoms with Gasteiger partial charge in [0.2, 0.25) is 5.91 Å². The van der Waals surface area contributed by atoms with Crippen molar-refractivity contribution >= 4 is 23.7 Å². The monoisotopic (exact) mass is 332 g/mol. The Kier molecular flexibility index (Phi) is 7.85. The fourth-order valence-corrected chi connectivity index (χ4v) is 2.03. The molecule has 6 nitrogen and oxygen atoms in total. The summed E-state index contributed by atoms with van der Waals surface area (Å²) in [4.78, 5) is 35.7. The Balaban J connectivity index is 2.56. The van der Waals surface area contributed by atoms with Crippen molar-refractivity contribution in [2.75, 3.05) is 14.1 Å². The minimum absolute atomic E-state index is 0.103. The van der Waals surface area contributed by atoms with Crippen LogP contribution < -0.4 is 5.73 Å². The molecule has 0 radical (unpaired) electrons. The van der Waals surface area contributed by atoms with Gasteiger partial charge in [-0.25, -0.2) is 0 Å². The molecule has 0 aromatic heterocycles. The minimum atomic E-state index is -1.19. The first kappa shape index (κ1) is 19.6. The van der Waals surface area contributed by atoms with Crippen LogP contribution in [-0.2, 0) is 9.59 Å². The standard InChI is InChI=1S/C18H24N2O4/c1-20(2)17(22)10-5-3-4-7-13-8-6-9-14(11-13)16(21)12-15(19)18(23)24/h4,6-9,11,15H,3,5,10,12,19H2,1-2H3,(H,23,24)/t15-/m1/s1. The van der Waals surface area contributed by atoms with Crippen molar-refractivity contribution in [3.05, 3.63) is 41.5 Å². The number of Topliss-reactive ketones (excluding diaryl/α,β-unsaturated/α-hetero) is 1. The zero-order valence-electron chi connectivity index (χ0n) is 14.1. The van der Waals surface area contributed by atoms with Gasteiger partial charge in [-0.2, -0.15) is 0 Å². The number of hydrogen-bond acceptors (Lipinski definition) is 4. The molecule has 0 aliphatic carbocycles. The summed E-state index contributed by atoms with van der Waals surface area (Å²) in [5, 5.41) is 8.76. The number of carbonyl (C=O) groups is 3. The molecule has 0 saturated heterocycles. The molecular weight excluding hydrogens is 308 g/mol. The van der Waals surface area contributed by atoms with Gasteiger partial charge < -0.3 is 15.7 Å². The van der Waals surface area contributed by atoms with E-state index in [1.807, 2.05) is 18.2 Å². The van der Waals surface area contributed by atoms with E-state index >= 15 is 0 Å². The lowest BCUT2D eigenvalue weighted by molar-refractivity contribution is -0.138. The Morgan fingerprint density at radius 2 is 2.00 bits per heavy atom. The van der Waals surface area contributed by atoms with Gasteiger partial charge in [-0.1, -0.05) is 30.4 Å². The molecule has 0 aliphatic heterocycles. The molecule has 0 aliphatic rings. The second kappa shape index (κ2) is 9.62. The molecule has 0 bridgehead atoms. The maximum absolute atomic E-state index is 12.0. The average molecular weight is 332 g/mol. The molecule has 130 valence electrons. The Labute approximate surface area is 141 Å². The van der Waals surface area contributed by atoms with Gasteiger partial charge in [0.05, 0.1) is 0 Å². The molecule has 1 rings (SSSR count). The molecule has 1 aromatic carbocycles. The van der Waals surface area contributed by atoms with Crippen LogP contribution in [0, 0.1) is 0 Å². The lowest BCUT2D eigenvalue weighted by Crippen LogP contribution is -2.32. The number of ketones is 1. The fraction of sp³-hybridized carbons (Fsp3) is 0.389. The first-order valence-corrected chi connectivity index (χ1v) is 7.79. The van der Waals surface area contributed by atoms with Crippen molar-refractivity contribution in [1.29, 1.82) is 0 Å². The summed E-state index contributed by atoms with van der Waals surface area (Å²) in [5.74, 6) is -1.38. The van der Waals surface area contributed by atoms with Gasteiger partial charge in [-0.15, -0.1) is 0 Å². The molecule has 1 atom stereocenters. The lowest BCUT2D eigenvalue weighted by atomic mass is 10.0. The molecule has 0 heterocycles. The molecule has 1 aromatic rings. The number of carboxylic acid groups (broad SMARTS) is 1. The lowest BCUT2D eigenvalue weighted by Gasteiger charge is -2.08. The van der Waals surface area contributed by atoms with Gasteiger partial charge in [0.15, 0.2) is 5.78 Å². The number of amides is 1. The minimum Gasteiger partial charge on any atom is -0.480 e. The number of hydrogen-bond donors (Lipinski definition) is 2. The SMILES string of the molecule is CN(C)C(=O)CCCC=Cc1cccc(C(=O)C[C@@H](N)C(=O)O)c1. The Morgan fingerprint density at radius 1 is 1.29 bits per heavy atom. The van der Waals surface area contributed by atoms with E-state index in [1.165, 1.54) is 0 Å². The second-order valence-corrected chi connectivity index (χ2v) is 5.78. The van der Waals surface area contributed by atoms with Crippen LogP contribution in [0.15, 0.2) is 30.3 Å². The topological polar surface area (TPSA) is 101 Å². The zero-order chi connectivity index (χ0) is 18.1. The largest absolute Gasteiger partial charge is 0.480 e. The van der Waals surface area contributed by atoms with E-state index in [1.54, 1.807) is 37.2 Å². The molecular formula is C18H24N2O4. The van der Waals surface area contributed by atoms with Crippen LogP contribution in [0.3, 0.4) is 0 Å². The van der Waals surface area contributed by atoms with Crippen molar-refractivity contribution in [3.63, 3.8) is 0 Å². The van der Waals surface area contributed by atoms with Crippen molar-refractivity contribution in [1.82, 2.24) is 4.90 Å². The number of rotatable bonds is 9. The number of allylic oxidation sites excluding steroid dienone is 1. The first-order chi connectivity index (χ1) is 11.3. The summed E-state index contributed by atoms with van der Waals surface area (Å²) in [6.45, 7) is 0. The van der Waals surface area contributed by atoms with Crippen LogP contribution in [0.5, 0.6) is 0 Å². The zero-order valence-corrected chi connectivity index (χ0v) is 14.1. The van der Waals surface area contributed by atoms with Gasteiger partial charge in [0.1, 0.15) is 6.04 Å². The van der Waals surface area contributed by atoms with E-state index in [9.17, 15) is 14.4 Å². The van der Waals surface area contributed by atoms with Crippen molar-refractivity contribution < 1.29 is 19.5 Å². The third-order valence-electron chi connectivity index (χ3n) is 3.50. The first-order valence-electron chi connectivity index (χ1n) is 7.79. The number of unbranched alkanes of at least 4 members (excludes halogenated alkanes) is 1. The number of benzene rings is 1. The van der Waals surface area contributed by atoms with E-state index in [2.05, 4.69) is 0 Å². The maximum atomic E-state index is 12.0. The molecule has 0 unspecified atom stereocenters. The molecule has 0 saturated carbocycles. The van der Waals surface area contributed by atoms with Crippen LogP contribution >= 0.6 is 0 Å². The third-order valence-corrected chi connectivity index (χ3v) is 3.50. The van der Waals surface area contributed by atoms with Crippen LogP contribution in [0.4, 0.5) is 0 Å². The van der Waals surface area contributed by atoms with Crippen LogP contribution in [0.1, 0.15) is 41.6 Å². The molecule has 0 fully saturated rings. The van der Waals surface area contributed by atoms with Crippen molar-refractivity contribution in [2.45, 2.75) is 31.7 Å². The van der Waals surface area contributed by atoms with Gasteiger partial charge in [-0.3, -0.25) is 14.4 Å². The Morgan fingerprint density at radius 3 is 2.62 bits per heavy atom. The maximum Gasteiger partial charge on any atom is 0.320 e. The molecule has 3 N–H and O–H groups in total. The third kappa shape index (κ3) is 6.75. The van der Waals surface area contributed by atoms with E-state index < -0.39 is 12.0 Å². The summed E-state index contributed by atoms with van der Waals surface area (Å²) < 4.78 is 0. The Hall–Kier alpha value is -2.47. The summed E-state index contributed by atoms with van der Waals surface area (Å²) >= 11 is 0. The van der Waals surface area contributed by atoms with E-state index in [-0.39, 0.29) is 18.1 Å². The number of aliphatic carboxylic acids is 1. The highest BCUT2D eigenvalue weighted by Gasteiger charge is 2.17. The predicted octanol–water partition coefficient (Wildman–Crippen LogP) is 1.94. The van der Waals surface area contributed by atoms with Crippen LogP contribution in [0.25, 0.3) is 6.08 Å². The van der Waals surface area contributed by atoms with Crippen LogP contribution in [-0.4, -0.2) is 47.8 Å². The highest BCUT2D eigenvalue weighted by Crippen LogP contribution is 2.11. The summed E-state index contributed by atoms with van der Waals surface area (Å²) in [6.07, 6.45) is 5.64. The van der Waals surface area contributed by atoms with Gasteiger partial charge in [-0.05, 0) is 24.5 Å². The van der Waals surface area contributed by atoms with E-state index in [0.717, 1.165) is 18.4 Å². The Bertz CT molecular complexity index is 623. The quantitative estimate of drug-likeness (QED) is 0.532. The molecule has 0 spiro atoms. The number of nitrogens with zero attached hydrogens (tertiary/aromatic N) is 1. The number of nitrogens with two attached hydrogens (primary N) is 1. The highest BCUT2D eigenvalue weighted by atomic mass is 16.4. The van der Waals surface area contributed by atoms with Gasteiger partial charge in [0, 0.05) is 32.5 Å². The summed E-state index contributed by atoms with van der Waals surface area (Å²) in [6, 6.07) is 5.76. The summed E-state index contributed by atoms with van der Waals surface area (Å²) in [5.41, 5.74) is 6.68. The predicted molar refractivity (Wildman–Crippen MR) is 92.6 cm³/mol. The molecule has 1 amide bonds. The summed E-state index contributed by atoms with van der Waals surface area (Å²) in [7, 11) is 3.47. The normalized spacial score (nSPS) is 12.1. The van der Waals surface area contributed by atoms with Crippen molar-refractivity contribution in [3.8, 4) is 0 Å². The number of carbonyl (C=O) groups excluding carboxylic acids is 2. The molecule has 6 heteroatoms. The smallest absolute Gasteiger partial charge is 0.320 e.